The summed E-state index contributed by atoms with van der Waals surface area (Å²) in [5, 5.41) is 0. The Balaban J connectivity index is 1.90. The van der Waals surface area contributed by atoms with Gasteiger partial charge in [-0.05, 0) is 29.6 Å². The number of halogens is 1. The molecule has 1 saturated heterocycles. The van der Waals surface area contributed by atoms with E-state index in [-0.39, 0.29) is 5.56 Å². The van der Waals surface area contributed by atoms with Gasteiger partial charge in [-0.3, -0.25) is 14.3 Å². The highest BCUT2D eigenvalue weighted by Crippen LogP contribution is 1.99. The number of hydrogen-bond donors (Lipinski definition) is 0. The second-order valence-corrected chi connectivity index (χ2v) is 5.55. The van der Waals surface area contributed by atoms with Gasteiger partial charge in [-0.25, -0.2) is 4.98 Å². The van der Waals surface area contributed by atoms with Crippen molar-refractivity contribution in [3.63, 3.8) is 0 Å². The fourth-order valence-corrected chi connectivity index (χ4v) is 2.37. The maximum Gasteiger partial charge on any atom is 0.266 e. The van der Waals surface area contributed by atoms with E-state index in [1.165, 1.54) is 0 Å². The van der Waals surface area contributed by atoms with Crippen LogP contribution in [0, 0.1) is 3.57 Å². The molecule has 2 rings (SSSR count). The highest BCUT2D eigenvalue weighted by Gasteiger charge is 2.13. The molecule has 94 valence electrons. The average molecular weight is 348 g/mol. The first-order chi connectivity index (χ1) is 8.16. The highest BCUT2D eigenvalue weighted by atomic mass is 127. The smallest absolute Gasteiger partial charge is 0.266 e. The molecule has 0 aromatic carbocycles. The highest BCUT2D eigenvalue weighted by molar-refractivity contribution is 14.1. The van der Waals surface area contributed by atoms with E-state index in [1.54, 1.807) is 17.1 Å². The van der Waals surface area contributed by atoms with Gasteiger partial charge in [0.05, 0.1) is 9.90 Å². The Labute approximate surface area is 115 Å². The van der Waals surface area contributed by atoms with E-state index >= 15 is 0 Å². The van der Waals surface area contributed by atoms with Gasteiger partial charge in [-0.1, -0.05) is 0 Å². The molecule has 1 fully saturated rings. The van der Waals surface area contributed by atoms with Crippen molar-refractivity contribution >= 4 is 22.6 Å². The van der Waals surface area contributed by atoms with Crippen LogP contribution in [0.3, 0.4) is 0 Å². The molecular weight excluding hydrogens is 331 g/mol. The normalized spacial score (nSPS) is 18.5. The van der Waals surface area contributed by atoms with Crippen molar-refractivity contribution in [3.05, 3.63) is 26.4 Å². The Hall–Kier alpha value is -0.470. The molecule has 17 heavy (non-hydrogen) atoms. The number of nitrogens with zero attached hydrogens (tertiary/aromatic N) is 4. The Bertz CT molecular complexity index is 426. The van der Waals surface area contributed by atoms with Gasteiger partial charge in [0.25, 0.3) is 5.56 Å². The molecule has 1 aromatic rings. The summed E-state index contributed by atoms with van der Waals surface area (Å²) >= 11 is 2.03. The van der Waals surface area contributed by atoms with Crippen LogP contribution in [0.4, 0.5) is 0 Å². The molecule has 2 heterocycles. The second kappa shape index (κ2) is 5.92. The first-order valence-electron chi connectivity index (χ1n) is 5.77. The molecule has 0 aliphatic carbocycles. The average Bonchev–Trinajstić information content (AvgIpc) is 2.33. The summed E-state index contributed by atoms with van der Waals surface area (Å²) in [7, 11) is 2.14. The first kappa shape index (κ1) is 13.0. The number of aromatic nitrogens is 2. The van der Waals surface area contributed by atoms with Gasteiger partial charge in [0.1, 0.15) is 0 Å². The molecule has 0 spiro atoms. The zero-order valence-electron chi connectivity index (χ0n) is 9.97. The van der Waals surface area contributed by atoms with Crippen molar-refractivity contribution in [2.24, 2.45) is 0 Å². The summed E-state index contributed by atoms with van der Waals surface area (Å²) < 4.78 is 2.38. The number of likely N-dealkylation sites (N-methyl/N-ethyl adjacent to an activating group) is 1. The fourth-order valence-electron chi connectivity index (χ4n) is 1.90. The van der Waals surface area contributed by atoms with Crippen LogP contribution in [0.2, 0.25) is 0 Å². The van der Waals surface area contributed by atoms with Crippen molar-refractivity contribution < 1.29 is 0 Å². The van der Waals surface area contributed by atoms with Crippen molar-refractivity contribution in [1.29, 1.82) is 0 Å². The zero-order chi connectivity index (χ0) is 12.3. The van der Waals surface area contributed by atoms with Gasteiger partial charge in [-0.2, -0.15) is 0 Å². The minimum absolute atomic E-state index is 0.0646. The van der Waals surface area contributed by atoms with Crippen molar-refractivity contribution in [2.75, 3.05) is 39.8 Å². The van der Waals surface area contributed by atoms with E-state index in [0.717, 1.165) is 39.3 Å². The lowest BCUT2D eigenvalue weighted by Gasteiger charge is -2.32. The topological polar surface area (TPSA) is 41.4 Å². The van der Waals surface area contributed by atoms with E-state index in [0.29, 0.717) is 3.57 Å². The van der Waals surface area contributed by atoms with E-state index in [4.69, 9.17) is 0 Å². The molecule has 6 heteroatoms. The summed E-state index contributed by atoms with van der Waals surface area (Å²) in [5.74, 6) is 0. The quantitative estimate of drug-likeness (QED) is 0.727. The van der Waals surface area contributed by atoms with Gasteiger partial charge in [0, 0.05) is 45.5 Å². The van der Waals surface area contributed by atoms with Gasteiger partial charge in [0.15, 0.2) is 0 Å². The van der Waals surface area contributed by atoms with E-state index in [1.807, 2.05) is 22.6 Å². The first-order valence-corrected chi connectivity index (χ1v) is 6.85. The lowest BCUT2D eigenvalue weighted by atomic mass is 10.3. The monoisotopic (exact) mass is 348 g/mol. The summed E-state index contributed by atoms with van der Waals surface area (Å²) in [4.78, 5) is 20.6. The maximum atomic E-state index is 11.8. The third-order valence-electron chi connectivity index (χ3n) is 3.11. The predicted octanol–water partition coefficient (Wildman–Crippen LogP) is 0.0953. The van der Waals surface area contributed by atoms with Gasteiger partial charge < -0.3 is 4.90 Å². The van der Waals surface area contributed by atoms with Crippen LogP contribution in [0.15, 0.2) is 17.3 Å². The van der Waals surface area contributed by atoms with E-state index in [2.05, 4.69) is 21.8 Å². The summed E-state index contributed by atoms with van der Waals surface area (Å²) in [6, 6.07) is 0. The van der Waals surface area contributed by atoms with Crippen molar-refractivity contribution in [1.82, 2.24) is 19.4 Å². The van der Waals surface area contributed by atoms with E-state index < -0.39 is 0 Å². The zero-order valence-corrected chi connectivity index (χ0v) is 12.1. The Morgan fingerprint density at radius 2 is 2.00 bits per heavy atom. The Morgan fingerprint density at radius 1 is 1.29 bits per heavy atom. The van der Waals surface area contributed by atoms with Gasteiger partial charge in [-0.15, -0.1) is 0 Å². The van der Waals surface area contributed by atoms with Crippen LogP contribution in [0.1, 0.15) is 0 Å². The number of rotatable bonds is 3. The van der Waals surface area contributed by atoms with Crippen LogP contribution in [0.25, 0.3) is 0 Å². The molecule has 0 bridgehead atoms. The maximum absolute atomic E-state index is 11.8. The minimum Gasteiger partial charge on any atom is -0.304 e. The molecule has 1 aliphatic heterocycles. The van der Waals surface area contributed by atoms with Crippen LogP contribution in [0.5, 0.6) is 0 Å². The van der Waals surface area contributed by atoms with Gasteiger partial charge in [0.2, 0.25) is 0 Å². The molecule has 1 aliphatic rings. The number of hydrogen-bond acceptors (Lipinski definition) is 4. The molecule has 0 N–H and O–H groups in total. The predicted molar refractivity (Wildman–Crippen MR) is 75.2 cm³/mol. The summed E-state index contributed by atoms with van der Waals surface area (Å²) in [6.07, 6.45) is 3.23. The Kier molecular flexibility index (Phi) is 4.52. The number of piperazine rings is 1. The van der Waals surface area contributed by atoms with Gasteiger partial charge >= 0.3 is 0 Å². The lowest BCUT2D eigenvalue weighted by molar-refractivity contribution is 0.149. The molecule has 1 aromatic heterocycles. The molecule has 0 saturated carbocycles. The van der Waals surface area contributed by atoms with Crippen molar-refractivity contribution in [3.8, 4) is 0 Å². The van der Waals surface area contributed by atoms with Crippen molar-refractivity contribution in [2.45, 2.75) is 6.54 Å². The van der Waals surface area contributed by atoms with Crippen LogP contribution in [-0.4, -0.2) is 59.1 Å². The SMILES string of the molecule is CN1CCN(CCn2cncc(I)c2=O)CC1. The lowest BCUT2D eigenvalue weighted by Crippen LogP contribution is -2.45. The molecule has 0 radical (unpaired) electrons. The van der Waals surface area contributed by atoms with E-state index in [9.17, 15) is 4.79 Å². The molecule has 0 atom stereocenters. The minimum atomic E-state index is 0.0646. The van der Waals surface area contributed by atoms with Crippen LogP contribution >= 0.6 is 22.6 Å². The van der Waals surface area contributed by atoms with Crippen LogP contribution in [-0.2, 0) is 6.54 Å². The fraction of sp³-hybridized carbons (Fsp3) is 0.636. The second-order valence-electron chi connectivity index (χ2n) is 4.39. The third-order valence-corrected chi connectivity index (χ3v) is 3.85. The standard InChI is InChI=1S/C11H17IN4O/c1-14-2-4-15(5-3-14)6-7-16-9-13-8-10(12)11(16)17/h8-9H,2-7H2,1H3. The molecule has 0 unspecified atom stereocenters. The Morgan fingerprint density at radius 3 is 2.71 bits per heavy atom. The molecule has 0 amide bonds. The third kappa shape index (κ3) is 3.49. The molecule has 5 nitrogen and oxygen atoms in total. The summed E-state index contributed by atoms with van der Waals surface area (Å²) in [5.41, 5.74) is 0.0646. The molecular formula is C11H17IN4O. The summed E-state index contributed by atoms with van der Waals surface area (Å²) in [6.45, 7) is 6.05. The van der Waals surface area contributed by atoms with Crippen LogP contribution < -0.4 is 5.56 Å². The largest absolute Gasteiger partial charge is 0.304 e.